The van der Waals surface area contributed by atoms with Gasteiger partial charge in [0.25, 0.3) is 0 Å². The van der Waals surface area contributed by atoms with Crippen LogP contribution in [0.1, 0.15) is 5.56 Å². The molecule has 17 heavy (non-hydrogen) atoms. The molecule has 0 radical (unpaired) electrons. The van der Waals surface area contributed by atoms with Gasteiger partial charge in [-0.3, -0.25) is 0 Å². The second kappa shape index (κ2) is 3.54. The minimum absolute atomic E-state index is 0. The molecular formula is C14H9ClN2. The fourth-order valence-electron chi connectivity index (χ4n) is 2.41. The van der Waals surface area contributed by atoms with Gasteiger partial charge in [0.05, 0.1) is 6.20 Å². The molecule has 2 aliphatic rings. The Hall–Kier alpha value is -1.93. The van der Waals surface area contributed by atoms with Crippen molar-refractivity contribution in [3.05, 3.63) is 52.4 Å². The molecule has 0 saturated carbocycles. The van der Waals surface area contributed by atoms with Crippen molar-refractivity contribution in [1.29, 1.82) is 0 Å². The molecule has 82 valence electrons. The second-order valence-corrected chi connectivity index (χ2v) is 4.04. The van der Waals surface area contributed by atoms with Crippen molar-refractivity contribution in [2.45, 2.75) is 0 Å². The number of hydrogen-bond donors (Lipinski definition) is 0. The molecule has 1 heterocycles. The summed E-state index contributed by atoms with van der Waals surface area (Å²) in [5.74, 6) is 0. The zero-order chi connectivity index (χ0) is 10.5. The number of hydrogen-bond acceptors (Lipinski definition) is 2. The van der Waals surface area contributed by atoms with Crippen molar-refractivity contribution in [1.82, 2.24) is 0 Å². The molecule has 0 fully saturated rings. The fraction of sp³-hybridized carbons (Fsp3) is 0. The van der Waals surface area contributed by atoms with Gasteiger partial charge in [0.15, 0.2) is 0 Å². The summed E-state index contributed by atoms with van der Waals surface area (Å²) in [5.41, 5.74) is 4.78. The highest BCUT2D eigenvalue weighted by atomic mass is 35.5. The van der Waals surface area contributed by atoms with Gasteiger partial charge in [0.2, 0.25) is 0 Å². The molecule has 0 spiro atoms. The van der Waals surface area contributed by atoms with E-state index >= 15 is 0 Å². The predicted octanol–water partition coefficient (Wildman–Crippen LogP) is 2.75. The van der Waals surface area contributed by atoms with Crippen LogP contribution in [0, 0.1) is 0 Å². The van der Waals surface area contributed by atoms with Crippen molar-refractivity contribution in [2.75, 3.05) is 0 Å². The fourth-order valence-corrected chi connectivity index (χ4v) is 2.41. The van der Waals surface area contributed by atoms with Gasteiger partial charge in [-0.25, -0.2) is 0 Å². The van der Waals surface area contributed by atoms with E-state index in [1.807, 2.05) is 6.20 Å². The Balaban J connectivity index is 0.000000902. The first-order valence-corrected chi connectivity index (χ1v) is 5.29. The van der Waals surface area contributed by atoms with E-state index in [0.29, 0.717) is 0 Å². The van der Waals surface area contributed by atoms with Crippen molar-refractivity contribution in [2.24, 2.45) is 10.2 Å². The lowest BCUT2D eigenvalue weighted by molar-refractivity contribution is 1.32. The Morgan fingerprint density at radius 3 is 2.65 bits per heavy atom. The third-order valence-corrected chi connectivity index (χ3v) is 3.14. The average Bonchev–Trinajstić information content (AvgIpc) is 2.91. The Kier molecular flexibility index (Phi) is 2.13. The molecule has 0 N–H and O–H groups in total. The molecule has 1 aliphatic carbocycles. The maximum absolute atomic E-state index is 4.22. The average molecular weight is 241 g/mol. The third-order valence-electron chi connectivity index (χ3n) is 3.14. The van der Waals surface area contributed by atoms with Crippen LogP contribution in [0.3, 0.4) is 0 Å². The van der Waals surface area contributed by atoms with Crippen molar-refractivity contribution >= 4 is 30.4 Å². The Bertz CT molecular complexity index is 760. The molecule has 2 aromatic rings. The normalized spacial score (nSPS) is 12.9. The molecule has 0 unspecified atom stereocenters. The van der Waals surface area contributed by atoms with Gasteiger partial charge in [-0.15, -0.1) is 17.5 Å². The van der Waals surface area contributed by atoms with Crippen molar-refractivity contribution in [3.63, 3.8) is 0 Å². The van der Waals surface area contributed by atoms with Crippen LogP contribution in [-0.4, -0.2) is 0 Å². The van der Waals surface area contributed by atoms with Crippen LogP contribution in [0.2, 0.25) is 0 Å². The van der Waals surface area contributed by atoms with E-state index in [9.17, 15) is 0 Å². The summed E-state index contributed by atoms with van der Waals surface area (Å²) in [5, 5.41) is 10.6. The molecule has 0 aromatic heterocycles. The van der Waals surface area contributed by atoms with E-state index in [-0.39, 0.29) is 12.4 Å². The van der Waals surface area contributed by atoms with Crippen molar-refractivity contribution < 1.29 is 0 Å². The summed E-state index contributed by atoms with van der Waals surface area (Å²) in [6, 6.07) is 12.6. The summed E-state index contributed by atoms with van der Waals surface area (Å²) >= 11 is 0. The lowest BCUT2D eigenvalue weighted by atomic mass is 10.0. The maximum atomic E-state index is 4.22. The van der Waals surface area contributed by atoms with Gasteiger partial charge in [0.1, 0.15) is 5.69 Å². The van der Waals surface area contributed by atoms with Gasteiger partial charge >= 0.3 is 0 Å². The maximum Gasteiger partial charge on any atom is 0.103 e. The largest absolute Gasteiger partial charge is 0.158 e. The molecule has 0 amide bonds. The number of nitrogens with zero attached hydrogens (tertiary/aromatic N) is 2. The molecule has 0 bridgehead atoms. The number of benzene rings is 2. The third kappa shape index (κ3) is 1.28. The first kappa shape index (κ1) is 10.2. The molecular weight excluding hydrogens is 232 g/mol. The molecule has 3 heteroatoms. The van der Waals surface area contributed by atoms with E-state index in [2.05, 4.69) is 52.7 Å². The lowest BCUT2D eigenvalue weighted by Gasteiger charge is -2.02. The molecule has 2 aromatic carbocycles. The van der Waals surface area contributed by atoms with Gasteiger partial charge in [-0.05, 0) is 22.4 Å². The Morgan fingerprint density at radius 2 is 1.71 bits per heavy atom. The van der Waals surface area contributed by atoms with Gasteiger partial charge in [0, 0.05) is 10.8 Å². The quantitative estimate of drug-likeness (QED) is 0.577. The highest BCUT2D eigenvalue weighted by Gasteiger charge is 2.17. The van der Waals surface area contributed by atoms with Crippen LogP contribution in [0.25, 0.3) is 23.4 Å². The monoisotopic (exact) mass is 240 g/mol. The van der Waals surface area contributed by atoms with Crippen LogP contribution in [0.5, 0.6) is 0 Å². The SMILES string of the molecule is C1=c2ccc3c(c2N=N1)-c1ccccc1C=3.Cl. The Labute approximate surface area is 104 Å². The molecule has 1 aliphatic heterocycles. The minimum atomic E-state index is 0. The smallest absolute Gasteiger partial charge is 0.103 e. The molecule has 2 nitrogen and oxygen atoms in total. The number of rotatable bonds is 0. The minimum Gasteiger partial charge on any atom is -0.158 e. The van der Waals surface area contributed by atoms with Gasteiger partial charge in [-0.1, -0.05) is 36.4 Å². The second-order valence-electron chi connectivity index (χ2n) is 4.04. The van der Waals surface area contributed by atoms with Crippen LogP contribution in [0.4, 0.5) is 5.69 Å². The highest BCUT2D eigenvalue weighted by Crippen LogP contribution is 2.32. The number of fused-ring (bicyclic) bond motifs is 5. The lowest BCUT2D eigenvalue weighted by Crippen LogP contribution is -2.08. The zero-order valence-electron chi connectivity index (χ0n) is 8.92. The van der Waals surface area contributed by atoms with E-state index in [1.165, 1.54) is 21.9 Å². The molecule has 4 rings (SSSR count). The molecule has 0 saturated heterocycles. The predicted molar refractivity (Wildman–Crippen MR) is 70.9 cm³/mol. The van der Waals surface area contributed by atoms with Gasteiger partial charge in [-0.2, -0.15) is 5.11 Å². The highest BCUT2D eigenvalue weighted by molar-refractivity contribution is 5.89. The van der Waals surface area contributed by atoms with Crippen LogP contribution in [-0.2, 0) is 0 Å². The summed E-state index contributed by atoms with van der Waals surface area (Å²) < 4.78 is 0. The first-order valence-electron chi connectivity index (χ1n) is 5.29. The van der Waals surface area contributed by atoms with E-state index in [1.54, 1.807) is 0 Å². The van der Waals surface area contributed by atoms with Gasteiger partial charge < -0.3 is 0 Å². The van der Waals surface area contributed by atoms with E-state index < -0.39 is 0 Å². The Morgan fingerprint density at radius 1 is 0.882 bits per heavy atom. The summed E-state index contributed by atoms with van der Waals surface area (Å²) in [6.07, 6.45) is 4.02. The van der Waals surface area contributed by atoms with Crippen molar-refractivity contribution in [3.8, 4) is 11.1 Å². The first-order chi connectivity index (χ1) is 7.93. The van der Waals surface area contributed by atoms with Crippen LogP contribution < -0.4 is 10.4 Å². The van der Waals surface area contributed by atoms with Crippen LogP contribution in [0.15, 0.2) is 46.6 Å². The number of azo groups is 1. The molecule has 0 atom stereocenters. The summed E-state index contributed by atoms with van der Waals surface area (Å²) in [6.45, 7) is 0. The number of halogens is 1. The summed E-state index contributed by atoms with van der Waals surface area (Å²) in [4.78, 5) is 0. The zero-order valence-corrected chi connectivity index (χ0v) is 9.74. The van der Waals surface area contributed by atoms with E-state index in [0.717, 1.165) is 10.9 Å². The topological polar surface area (TPSA) is 24.7 Å². The van der Waals surface area contributed by atoms with E-state index in [4.69, 9.17) is 0 Å². The van der Waals surface area contributed by atoms with Crippen LogP contribution >= 0.6 is 12.4 Å². The standard InChI is InChI=1S/C14H8N2.ClH/c1-2-4-12-9(3-1)7-10-5-6-11-8-15-16-14(11)13(10)12;/h1-8H;1H. The summed E-state index contributed by atoms with van der Waals surface area (Å²) in [7, 11) is 0.